The summed E-state index contributed by atoms with van der Waals surface area (Å²) in [7, 11) is 0. The Balaban J connectivity index is 1.48. The molecule has 2 nitrogen and oxygen atoms in total. The number of hydrogen-bond acceptors (Lipinski definition) is 2. The summed E-state index contributed by atoms with van der Waals surface area (Å²) in [6.07, 6.45) is 11.7. The molecule has 2 heteroatoms. The molecule has 0 unspecified atom stereocenters. The highest BCUT2D eigenvalue weighted by atomic mass is 16.6. The highest BCUT2D eigenvalue weighted by Gasteiger charge is 2.23. The molecule has 29 heavy (non-hydrogen) atoms. The van der Waals surface area contributed by atoms with Crippen LogP contribution in [0.25, 0.3) is 11.1 Å². The first-order valence-corrected chi connectivity index (χ1v) is 11.7. The van der Waals surface area contributed by atoms with Crippen LogP contribution in [0.5, 0.6) is 0 Å². The molecule has 0 aromatic heterocycles. The Bertz CT molecular complexity index is 681. The smallest absolute Gasteiger partial charge is 0.106 e. The molecule has 0 saturated carbocycles. The predicted octanol–water partition coefficient (Wildman–Crippen LogP) is 7.51. The van der Waals surface area contributed by atoms with E-state index in [4.69, 9.17) is 9.47 Å². The maximum absolute atomic E-state index is 6.12. The Morgan fingerprint density at radius 3 is 1.97 bits per heavy atom. The average Bonchev–Trinajstić information content (AvgIpc) is 2.78. The second kappa shape index (κ2) is 12.1. The van der Waals surface area contributed by atoms with Crippen LogP contribution in [0.4, 0.5) is 0 Å². The molecule has 1 fully saturated rings. The molecule has 2 aromatic carbocycles. The molecule has 1 aliphatic rings. The first-order valence-electron chi connectivity index (χ1n) is 11.7. The lowest BCUT2D eigenvalue weighted by Gasteiger charge is -2.30. The first-order chi connectivity index (χ1) is 14.3. The van der Waals surface area contributed by atoms with E-state index in [-0.39, 0.29) is 12.2 Å². The summed E-state index contributed by atoms with van der Waals surface area (Å²) in [6.45, 7) is 5.90. The van der Waals surface area contributed by atoms with Crippen LogP contribution in [0.2, 0.25) is 0 Å². The van der Waals surface area contributed by atoms with Crippen molar-refractivity contribution < 1.29 is 9.47 Å². The van der Waals surface area contributed by atoms with Gasteiger partial charge < -0.3 is 9.47 Å². The monoisotopic (exact) mass is 394 g/mol. The summed E-state index contributed by atoms with van der Waals surface area (Å²) in [6, 6.07) is 17.9. The number of unbranched alkanes of at least 4 members (excludes halogenated alkanes) is 5. The zero-order valence-electron chi connectivity index (χ0n) is 18.4. The Kier molecular flexibility index (Phi) is 9.24. The molecule has 0 aliphatic carbocycles. The van der Waals surface area contributed by atoms with Crippen LogP contribution in [-0.4, -0.2) is 19.3 Å². The maximum atomic E-state index is 6.12. The van der Waals surface area contributed by atoms with Crippen molar-refractivity contribution in [2.45, 2.75) is 83.8 Å². The highest BCUT2D eigenvalue weighted by Crippen LogP contribution is 2.27. The van der Waals surface area contributed by atoms with E-state index in [1.807, 2.05) is 0 Å². The number of hydrogen-bond donors (Lipinski definition) is 0. The lowest BCUT2D eigenvalue weighted by molar-refractivity contribution is -0.137. The fourth-order valence-corrected chi connectivity index (χ4v) is 4.03. The minimum Gasteiger partial charge on any atom is -0.373 e. The van der Waals surface area contributed by atoms with Gasteiger partial charge in [0.25, 0.3) is 0 Å². The van der Waals surface area contributed by atoms with E-state index < -0.39 is 0 Å². The van der Waals surface area contributed by atoms with Gasteiger partial charge in [0.15, 0.2) is 0 Å². The second-order valence-corrected chi connectivity index (χ2v) is 8.40. The first kappa shape index (κ1) is 22.1. The van der Waals surface area contributed by atoms with Crippen LogP contribution in [0, 0.1) is 0 Å². The van der Waals surface area contributed by atoms with Crippen LogP contribution in [0.3, 0.4) is 0 Å². The molecule has 2 atom stereocenters. The Hall–Kier alpha value is -1.64. The number of ether oxygens (including phenoxy) is 2. The highest BCUT2D eigenvalue weighted by molar-refractivity contribution is 5.64. The van der Waals surface area contributed by atoms with E-state index in [1.54, 1.807) is 0 Å². The fraction of sp³-hybridized carbons (Fsp3) is 0.556. The quantitative estimate of drug-likeness (QED) is 0.367. The molecule has 0 N–H and O–H groups in total. The lowest BCUT2D eigenvalue weighted by Crippen LogP contribution is -2.31. The van der Waals surface area contributed by atoms with E-state index in [0.717, 1.165) is 13.0 Å². The van der Waals surface area contributed by atoms with Crippen molar-refractivity contribution in [2.24, 2.45) is 0 Å². The van der Waals surface area contributed by atoms with Gasteiger partial charge in [-0.1, -0.05) is 101 Å². The number of rotatable bonds is 11. The summed E-state index contributed by atoms with van der Waals surface area (Å²) >= 11 is 0. The third-order valence-electron chi connectivity index (χ3n) is 5.98. The van der Waals surface area contributed by atoms with Gasteiger partial charge >= 0.3 is 0 Å². The summed E-state index contributed by atoms with van der Waals surface area (Å²) in [5.74, 6) is 0. The van der Waals surface area contributed by atoms with E-state index >= 15 is 0 Å². The molecular formula is C27H38O2. The fourth-order valence-electron chi connectivity index (χ4n) is 4.03. The zero-order valence-corrected chi connectivity index (χ0v) is 18.4. The topological polar surface area (TPSA) is 18.5 Å². The van der Waals surface area contributed by atoms with Gasteiger partial charge in [0.05, 0.1) is 19.3 Å². The molecule has 1 aliphatic heterocycles. The molecule has 158 valence electrons. The molecule has 0 bridgehead atoms. The van der Waals surface area contributed by atoms with Crippen LogP contribution in [-0.2, 0) is 15.9 Å². The Labute approximate surface area is 177 Å². The predicted molar refractivity (Wildman–Crippen MR) is 122 cm³/mol. The van der Waals surface area contributed by atoms with Gasteiger partial charge in [-0.15, -0.1) is 0 Å². The van der Waals surface area contributed by atoms with Crippen LogP contribution < -0.4 is 0 Å². The van der Waals surface area contributed by atoms with Crippen molar-refractivity contribution in [1.29, 1.82) is 0 Å². The van der Waals surface area contributed by atoms with Gasteiger partial charge in [0.2, 0.25) is 0 Å². The van der Waals surface area contributed by atoms with Gasteiger partial charge in [-0.25, -0.2) is 0 Å². The summed E-state index contributed by atoms with van der Waals surface area (Å²) < 4.78 is 12.2. The van der Waals surface area contributed by atoms with Gasteiger partial charge in [0, 0.05) is 0 Å². The van der Waals surface area contributed by atoms with E-state index in [9.17, 15) is 0 Å². The van der Waals surface area contributed by atoms with Crippen molar-refractivity contribution in [2.75, 3.05) is 13.2 Å². The van der Waals surface area contributed by atoms with E-state index in [1.165, 1.54) is 73.6 Å². The minimum atomic E-state index is 0.0666. The van der Waals surface area contributed by atoms with E-state index in [0.29, 0.717) is 6.61 Å². The minimum absolute atomic E-state index is 0.0666. The summed E-state index contributed by atoms with van der Waals surface area (Å²) in [5.41, 5.74) is 5.20. The van der Waals surface area contributed by atoms with Gasteiger partial charge in [-0.2, -0.15) is 0 Å². The van der Waals surface area contributed by atoms with Crippen molar-refractivity contribution in [3.05, 3.63) is 59.7 Å². The second-order valence-electron chi connectivity index (χ2n) is 8.40. The SMILES string of the molecule is CCCCCC[C@H]1CO[C@H](c2ccc(-c3ccc(CCCCC)cc3)cc2)CO1. The van der Waals surface area contributed by atoms with Crippen molar-refractivity contribution >= 4 is 0 Å². The Morgan fingerprint density at radius 1 is 0.690 bits per heavy atom. The summed E-state index contributed by atoms with van der Waals surface area (Å²) in [4.78, 5) is 0. The normalized spacial score (nSPS) is 19.4. The lowest BCUT2D eigenvalue weighted by atomic mass is 9.99. The molecule has 3 rings (SSSR count). The molecule has 0 spiro atoms. The molecule has 1 saturated heterocycles. The number of aryl methyl sites for hydroxylation is 1. The third-order valence-corrected chi connectivity index (χ3v) is 5.98. The number of benzene rings is 2. The van der Waals surface area contributed by atoms with Gasteiger partial charge in [-0.05, 0) is 41.5 Å². The van der Waals surface area contributed by atoms with Crippen molar-refractivity contribution in [1.82, 2.24) is 0 Å². The summed E-state index contributed by atoms with van der Waals surface area (Å²) in [5, 5.41) is 0. The average molecular weight is 395 g/mol. The molecule has 2 aromatic rings. The van der Waals surface area contributed by atoms with Crippen LogP contribution in [0.1, 0.15) is 82.4 Å². The molecule has 0 amide bonds. The Morgan fingerprint density at radius 2 is 1.34 bits per heavy atom. The van der Waals surface area contributed by atoms with Crippen LogP contribution >= 0.6 is 0 Å². The largest absolute Gasteiger partial charge is 0.373 e. The van der Waals surface area contributed by atoms with Crippen LogP contribution in [0.15, 0.2) is 48.5 Å². The molecule has 1 heterocycles. The standard InChI is InChI=1S/C27H38O2/c1-3-5-7-9-11-26-20-29-27(21-28-26)25-18-16-24(17-19-25)23-14-12-22(13-15-23)10-8-6-4-2/h12-19,26-27H,3-11,20-21H2,1-2H3/t26-,27-/m0/s1. The van der Waals surface area contributed by atoms with Crippen molar-refractivity contribution in [3.63, 3.8) is 0 Å². The van der Waals surface area contributed by atoms with Gasteiger partial charge in [0.1, 0.15) is 6.10 Å². The third kappa shape index (κ3) is 6.97. The van der Waals surface area contributed by atoms with Crippen molar-refractivity contribution in [3.8, 4) is 11.1 Å². The molecule has 0 radical (unpaired) electrons. The molecular weight excluding hydrogens is 356 g/mol. The maximum Gasteiger partial charge on any atom is 0.106 e. The van der Waals surface area contributed by atoms with Gasteiger partial charge in [-0.3, -0.25) is 0 Å². The zero-order chi connectivity index (χ0) is 20.3. The van der Waals surface area contributed by atoms with E-state index in [2.05, 4.69) is 62.4 Å².